The second-order valence-corrected chi connectivity index (χ2v) is 10.1. The first-order chi connectivity index (χ1) is 18.7. The molecular formula is C26H32Cl2N6O5. The molecule has 0 bridgehead atoms. The van der Waals surface area contributed by atoms with E-state index in [0.717, 1.165) is 0 Å². The van der Waals surface area contributed by atoms with Crippen molar-refractivity contribution in [3.63, 3.8) is 0 Å². The van der Waals surface area contributed by atoms with E-state index in [1.807, 2.05) is 6.92 Å². The maximum Gasteiger partial charge on any atom is 0.409 e. The Morgan fingerprint density at radius 3 is 2.64 bits per heavy atom. The molecule has 1 atom stereocenters. The third-order valence-electron chi connectivity index (χ3n) is 6.45. The van der Waals surface area contributed by atoms with Gasteiger partial charge >= 0.3 is 6.09 Å². The molecule has 3 heterocycles. The minimum Gasteiger partial charge on any atom is -0.491 e. The second-order valence-electron chi connectivity index (χ2n) is 9.30. The van der Waals surface area contributed by atoms with Gasteiger partial charge in [-0.2, -0.15) is 0 Å². The Balaban J connectivity index is 1.70. The van der Waals surface area contributed by atoms with Gasteiger partial charge in [-0.1, -0.05) is 28.4 Å². The average molecular weight is 579 g/mol. The summed E-state index contributed by atoms with van der Waals surface area (Å²) in [7, 11) is 3.13. The minimum atomic E-state index is -0.673. The van der Waals surface area contributed by atoms with Crippen molar-refractivity contribution >= 4 is 35.1 Å². The van der Waals surface area contributed by atoms with Crippen LogP contribution >= 0.6 is 23.2 Å². The number of hydrogen-bond donors (Lipinski definition) is 3. The molecule has 11 nitrogen and oxygen atoms in total. The number of aromatic nitrogens is 3. The van der Waals surface area contributed by atoms with E-state index in [0.29, 0.717) is 88.2 Å². The molecule has 0 radical (unpaired) electrons. The van der Waals surface area contributed by atoms with Crippen LogP contribution in [-0.4, -0.2) is 83.8 Å². The highest BCUT2D eigenvalue weighted by atomic mass is 35.5. The molecule has 2 aromatic heterocycles. The van der Waals surface area contributed by atoms with Crippen LogP contribution in [0.25, 0.3) is 22.6 Å². The average Bonchev–Trinajstić information content (AvgIpc) is 3.27. The van der Waals surface area contributed by atoms with E-state index in [1.165, 1.54) is 7.11 Å². The van der Waals surface area contributed by atoms with Gasteiger partial charge in [0.2, 0.25) is 0 Å². The van der Waals surface area contributed by atoms with Gasteiger partial charge in [-0.05, 0) is 51.9 Å². The number of aliphatic hydroxyl groups is 1. The highest BCUT2D eigenvalue weighted by molar-refractivity contribution is 6.35. The van der Waals surface area contributed by atoms with Crippen LogP contribution in [0.3, 0.4) is 0 Å². The predicted octanol–water partition coefficient (Wildman–Crippen LogP) is 4.32. The normalized spacial score (nSPS) is 14.8. The molecule has 1 aliphatic rings. The molecule has 39 heavy (non-hydrogen) atoms. The lowest BCUT2D eigenvalue weighted by atomic mass is 10.0. The maximum atomic E-state index is 11.9. The quantitative estimate of drug-likeness (QED) is 0.336. The highest BCUT2D eigenvalue weighted by Gasteiger charge is 2.27. The Morgan fingerprint density at radius 2 is 2.00 bits per heavy atom. The summed E-state index contributed by atoms with van der Waals surface area (Å²) in [5.74, 6) is 1.83. The Hall–Kier alpha value is -3.12. The monoisotopic (exact) mass is 578 g/mol. The number of hydrogen-bond acceptors (Lipinski definition) is 10. The van der Waals surface area contributed by atoms with E-state index in [1.54, 1.807) is 37.1 Å². The van der Waals surface area contributed by atoms with Gasteiger partial charge in [0.15, 0.2) is 5.82 Å². The summed E-state index contributed by atoms with van der Waals surface area (Å²) in [4.78, 5) is 23.1. The SMILES string of the molecule is CNC[C@@H](O)COc1ccc(Cl)c(-c2nc(NC3CCN(C(=O)OC)CC3)c(Cl)c(-c3c(C)noc3C)n2)c1. The van der Waals surface area contributed by atoms with Crippen molar-refractivity contribution in [1.29, 1.82) is 0 Å². The minimum absolute atomic E-state index is 0.0162. The lowest BCUT2D eigenvalue weighted by molar-refractivity contribution is 0.108. The van der Waals surface area contributed by atoms with E-state index >= 15 is 0 Å². The van der Waals surface area contributed by atoms with Gasteiger partial charge in [0.1, 0.15) is 40.8 Å². The third-order valence-corrected chi connectivity index (χ3v) is 7.14. The van der Waals surface area contributed by atoms with Gasteiger partial charge < -0.3 is 34.6 Å². The molecule has 3 N–H and O–H groups in total. The summed E-state index contributed by atoms with van der Waals surface area (Å²) in [5.41, 5.74) is 2.30. The number of piperidine rings is 1. The number of likely N-dealkylation sites (tertiary alicyclic amines) is 1. The molecule has 0 aliphatic carbocycles. The molecule has 3 aromatic rings. The van der Waals surface area contributed by atoms with Crippen LogP contribution in [0.1, 0.15) is 24.3 Å². The number of carbonyl (C=O) groups excluding carboxylic acids is 1. The van der Waals surface area contributed by atoms with E-state index in [-0.39, 0.29) is 18.7 Å². The molecule has 1 amide bonds. The van der Waals surface area contributed by atoms with E-state index in [9.17, 15) is 9.90 Å². The zero-order valence-corrected chi connectivity index (χ0v) is 23.8. The number of benzene rings is 1. The van der Waals surface area contributed by atoms with Crippen molar-refractivity contribution in [2.24, 2.45) is 0 Å². The molecular weight excluding hydrogens is 547 g/mol. The molecule has 0 saturated carbocycles. The smallest absolute Gasteiger partial charge is 0.409 e. The second kappa shape index (κ2) is 12.8. The van der Waals surface area contributed by atoms with Gasteiger partial charge in [-0.3, -0.25) is 0 Å². The van der Waals surface area contributed by atoms with E-state index < -0.39 is 6.10 Å². The lowest BCUT2D eigenvalue weighted by Crippen LogP contribution is -2.42. The fourth-order valence-corrected chi connectivity index (χ4v) is 4.87. The van der Waals surface area contributed by atoms with Crippen molar-refractivity contribution < 1.29 is 23.9 Å². The largest absolute Gasteiger partial charge is 0.491 e. The molecule has 13 heteroatoms. The molecule has 1 saturated heterocycles. The van der Waals surface area contributed by atoms with Gasteiger partial charge in [0, 0.05) is 31.2 Å². The number of amides is 1. The summed E-state index contributed by atoms with van der Waals surface area (Å²) < 4.78 is 16.0. The fraction of sp³-hybridized carbons (Fsp3) is 0.462. The van der Waals surface area contributed by atoms with Crippen molar-refractivity contribution in [3.8, 4) is 28.4 Å². The van der Waals surface area contributed by atoms with Crippen molar-refractivity contribution in [2.75, 3.05) is 45.7 Å². The number of nitrogens with one attached hydrogen (secondary N) is 2. The Labute approximate surface area is 236 Å². The van der Waals surface area contributed by atoms with E-state index in [4.69, 9.17) is 47.2 Å². The number of likely N-dealkylation sites (N-methyl/N-ethyl adjacent to an activating group) is 1. The maximum absolute atomic E-state index is 11.9. The molecule has 1 fully saturated rings. The Bertz CT molecular complexity index is 1290. The fourth-order valence-electron chi connectivity index (χ4n) is 4.43. The molecule has 4 rings (SSSR count). The number of rotatable bonds is 9. The van der Waals surface area contributed by atoms with Crippen LogP contribution in [0.2, 0.25) is 10.0 Å². The lowest BCUT2D eigenvalue weighted by Gasteiger charge is -2.31. The van der Waals surface area contributed by atoms with E-state index in [2.05, 4.69) is 15.8 Å². The van der Waals surface area contributed by atoms with Gasteiger partial charge in [-0.25, -0.2) is 14.8 Å². The first-order valence-electron chi connectivity index (χ1n) is 12.6. The third kappa shape index (κ3) is 6.73. The first-order valence-corrected chi connectivity index (χ1v) is 13.3. The highest BCUT2D eigenvalue weighted by Crippen LogP contribution is 2.39. The zero-order valence-electron chi connectivity index (χ0n) is 22.3. The van der Waals surface area contributed by atoms with Gasteiger partial charge in [0.05, 0.1) is 23.4 Å². The number of aliphatic hydroxyl groups excluding tert-OH is 1. The Morgan fingerprint density at radius 1 is 1.26 bits per heavy atom. The van der Waals surface area contributed by atoms with Crippen LogP contribution in [0, 0.1) is 13.8 Å². The molecule has 1 aromatic carbocycles. The molecule has 210 valence electrons. The number of carbonyl (C=O) groups is 1. The van der Waals surface area contributed by atoms with Gasteiger partial charge in [0.25, 0.3) is 0 Å². The number of ether oxygens (including phenoxy) is 2. The molecule has 0 spiro atoms. The predicted molar refractivity (Wildman–Crippen MR) is 149 cm³/mol. The first kappa shape index (κ1) is 28.9. The standard InChI is InChI=1S/C26H32Cl2N6O5/c1-14-21(15(2)39-33-14)23-22(28)25(30-16-7-9-34(10-8-16)26(36)37-4)32-24(31-23)19-11-18(5-6-20(19)27)38-13-17(35)12-29-3/h5-6,11,16-17,29,35H,7-10,12-13H2,1-4H3,(H,30,31,32)/t17-/m1/s1. The topological polar surface area (TPSA) is 135 Å². The number of halogens is 2. The summed E-state index contributed by atoms with van der Waals surface area (Å²) in [6, 6.07) is 5.16. The number of aryl methyl sites for hydroxylation is 2. The summed E-state index contributed by atoms with van der Waals surface area (Å²) >= 11 is 13.5. The van der Waals surface area contributed by atoms with Crippen molar-refractivity contribution in [3.05, 3.63) is 39.7 Å². The molecule has 1 aliphatic heterocycles. The Kier molecular flexibility index (Phi) is 9.49. The summed E-state index contributed by atoms with van der Waals surface area (Å²) in [5, 5.41) is 21.2. The summed E-state index contributed by atoms with van der Waals surface area (Å²) in [6.07, 6.45) is 0.356. The van der Waals surface area contributed by atoms with Crippen LogP contribution in [0.15, 0.2) is 22.7 Å². The van der Waals surface area contributed by atoms with Gasteiger partial charge in [-0.15, -0.1) is 0 Å². The number of nitrogens with zero attached hydrogens (tertiary/aromatic N) is 4. The zero-order chi connectivity index (χ0) is 28.1. The van der Waals surface area contributed by atoms with Crippen LogP contribution < -0.4 is 15.4 Å². The van der Waals surface area contributed by atoms with Crippen LogP contribution in [0.4, 0.5) is 10.6 Å². The van der Waals surface area contributed by atoms with Crippen LogP contribution in [-0.2, 0) is 4.74 Å². The number of methoxy groups -OCH3 is 1. The molecule has 0 unspecified atom stereocenters. The van der Waals surface area contributed by atoms with Crippen molar-refractivity contribution in [1.82, 2.24) is 25.3 Å². The van der Waals surface area contributed by atoms with Crippen molar-refractivity contribution in [2.45, 2.75) is 38.8 Å². The van der Waals surface area contributed by atoms with Crippen LogP contribution in [0.5, 0.6) is 5.75 Å². The number of anilines is 1. The summed E-state index contributed by atoms with van der Waals surface area (Å²) in [6.45, 7) is 5.20.